The molecule has 2 atom stereocenters. The van der Waals surface area contributed by atoms with Crippen LogP contribution in [-0.4, -0.2) is 12.1 Å². The standard InChI is InChI=1S/C28H28N2/c1-23(29(25-15-7-3-8-16-25)26-17-9-4-10-18-26)24(2)30(27-19-11-5-12-20-27)28-21-13-6-14-22-28/h3-24H,1-2H3/t23-,24-/m1/s1. The molecule has 0 radical (unpaired) electrons. The minimum absolute atomic E-state index is 0.218. The van der Waals surface area contributed by atoms with Gasteiger partial charge in [0.2, 0.25) is 0 Å². The smallest absolute Gasteiger partial charge is 0.0519 e. The van der Waals surface area contributed by atoms with Crippen molar-refractivity contribution in [2.24, 2.45) is 0 Å². The Morgan fingerprint density at radius 2 is 0.567 bits per heavy atom. The molecule has 0 unspecified atom stereocenters. The van der Waals surface area contributed by atoms with Crippen LogP contribution in [0.15, 0.2) is 121 Å². The Balaban J connectivity index is 1.77. The van der Waals surface area contributed by atoms with Crippen LogP contribution < -0.4 is 9.80 Å². The number of hydrogen-bond donors (Lipinski definition) is 0. The highest BCUT2D eigenvalue weighted by Gasteiger charge is 2.28. The minimum Gasteiger partial charge on any atom is -0.337 e. The van der Waals surface area contributed by atoms with Crippen LogP contribution in [0, 0.1) is 0 Å². The third-order valence-corrected chi connectivity index (χ3v) is 5.65. The van der Waals surface area contributed by atoms with Crippen LogP contribution in [0.3, 0.4) is 0 Å². The molecular formula is C28H28N2. The summed E-state index contributed by atoms with van der Waals surface area (Å²) in [5.41, 5.74) is 4.79. The summed E-state index contributed by atoms with van der Waals surface area (Å²) in [6.07, 6.45) is 0. The highest BCUT2D eigenvalue weighted by Crippen LogP contribution is 2.34. The molecule has 0 fully saturated rings. The molecule has 0 heterocycles. The molecule has 4 aromatic carbocycles. The fraction of sp³-hybridized carbons (Fsp3) is 0.143. The van der Waals surface area contributed by atoms with E-state index in [-0.39, 0.29) is 12.1 Å². The van der Waals surface area contributed by atoms with Crippen molar-refractivity contribution >= 4 is 22.7 Å². The maximum Gasteiger partial charge on any atom is 0.0519 e. The van der Waals surface area contributed by atoms with Gasteiger partial charge in [0.15, 0.2) is 0 Å². The van der Waals surface area contributed by atoms with Gasteiger partial charge in [-0.05, 0) is 62.4 Å². The molecule has 2 nitrogen and oxygen atoms in total. The van der Waals surface area contributed by atoms with Crippen LogP contribution in [0.25, 0.3) is 0 Å². The Kier molecular flexibility index (Phi) is 6.14. The summed E-state index contributed by atoms with van der Waals surface area (Å²) >= 11 is 0. The molecule has 0 aliphatic heterocycles. The largest absolute Gasteiger partial charge is 0.337 e. The highest BCUT2D eigenvalue weighted by molar-refractivity contribution is 5.68. The Morgan fingerprint density at radius 3 is 0.767 bits per heavy atom. The van der Waals surface area contributed by atoms with Gasteiger partial charge in [-0.2, -0.15) is 0 Å². The third kappa shape index (κ3) is 4.23. The maximum absolute atomic E-state index is 2.43. The zero-order chi connectivity index (χ0) is 20.8. The summed E-state index contributed by atoms with van der Waals surface area (Å²) < 4.78 is 0. The molecule has 30 heavy (non-hydrogen) atoms. The van der Waals surface area contributed by atoms with Crippen LogP contribution in [0.1, 0.15) is 13.8 Å². The summed E-state index contributed by atoms with van der Waals surface area (Å²) in [7, 11) is 0. The van der Waals surface area contributed by atoms with Crippen molar-refractivity contribution in [1.82, 2.24) is 0 Å². The zero-order valence-corrected chi connectivity index (χ0v) is 17.6. The molecule has 4 rings (SSSR count). The number of hydrogen-bond acceptors (Lipinski definition) is 2. The molecule has 0 amide bonds. The quantitative estimate of drug-likeness (QED) is 0.322. The van der Waals surface area contributed by atoms with Crippen LogP contribution in [-0.2, 0) is 0 Å². The first-order valence-corrected chi connectivity index (χ1v) is 10.5. The lowest BCUT2D eigenvalue weighted by Crippen LogP contribution is -2.45. The third-order valence-electron chi connectivity index (χ3n) is 5.65. The fourth-order valence-electron chi connectivity index (χ4n) is 4.02. The summed E-state index contributed by atoms with van der Waals surface area (Å²) in [5.74, 6) is 0. The number of anilines is 4. The van der Waals surface area contributed by atoms with E-state index in [9.17, 15) is 0 Å². The van der Waals surface area contributed by atoms with E-state index in [2.05, 4.69) is 145 Å². The van der Waals surface area contributed by atoms with Gasteiger partial charge in [-0.15, -0.1) is 0 Å². The first-order valence-electron chi connectivity index (χ1n) is 10.5. The van der Waals surface area contributed by atoms with E-state index < -0.39 is 0 Å². The molecule has 0 aromatic heterocycles. The van der Waals surface area contributed by atoms with Gasteiger partial charge < -0.3 is 9.80 Å². The van der Waals surface area contributed by atoms with E-state index >= 15 is 0 Å². The Bertz CT molecular complexity index is 851. The minimum atomic E-state index is 0.218. The summed E-state index contributed by atoms with van der Waals surface area (Å²) in [6.45, 7) is 4.62. The molecule has 0 aliphatic carbocycles. The van der Waals surface area contributed by atoms with E-state index in [4.69, 9.17) is 0 Å². The zero-order valence-electron chi connectivity index (χ0n) is 17.6. The molecule has 4 aromatic rings. The van der Waals surface area contributed by atoms with Crippen molar-refractivity contribution in [1.29, 1.82) is 0 Å². The Hall–Kier alpha value is -3.52. The van der Waals surface area contributed by atoms with Gasteiger partial charge in [0.1, 0.15) is 0 Å². The first kappa shape index (κ1) is 19.8. The van der Waals surface area contributed by atoms with Crippen molar-refractivity contribution in [3.63, 3.8) is 0 Å². The molecule has 0 bridgehead atoms. The average Bonchev–Trinajstić information content (AvgIpc) is 2.82. The van der Waals surface area contributed by atoms with Crippen LogP contribution in [0.4, 0.5) is 22.7 Å². The van der Waals surface area contributed by atoms with Crippen molar-refractivity contribution < 1.29 is 0 Å². The monoisotopic (exact) mass is 392 g/mol. The fourth-order valence-corrected chi connectivity index (χ4v) is 4.02. The molecule has 2 heteroatoms. The van der Waals surface area contributed by atoms with Gasteiger partial charge in [-0.25, -0.2) is 0 Å². The van der Waals surface area contributed by atoms with Crippen LogP contribution in [0.2, 0.25) is 0 Å². The van der Waals surface area contributed by atoms with Gasteiger partial charge in [-0.3, -0.25) is 0 Å². The van der Waals surface area contributed by atoms with Gasteiger partial charge in [0.05, 0.1) is 12.1 Å². The van der Waals surface area contributed by atoms with Gasteiger partial charge in [-0.1, -0.05) is 72.8 Å². The average molecular weight is 393 g/mol. The predicted molar refractivity (Wildman–Crippen MR) is 129 cm³/mol. The summed E-state index contributed by atoms with van der Waals surface area (Å²) in [5, 5.41) is 0. The van der Waals surface area contributed by atoms with Crippen molar-refractivity contribution in [2.75, 3.05) is 9.80 Å². The molecule has 0 saturated carbocycles. The maximum atomic E-state index is 2.43. The lowest BCUT2D eigenvalue weighted by atomic mass is 10.0. The lowest BCUT2D eigenvalue weighted by Gasteiger charge is -2.41. The number of benzene rings is 4. The number of nitrogens with zero attached hydrogens (tertiary/aromatic N) is 2. The van der Waals surface area contributed by atoms with E-state index in [1.165, 1.54) is 22.7 Å². The van der Waals surface area contributed by atoms with E-state index in [1.807, 2.05) is 0 Å². The Labute approximate surface area is 180 Å². The van der Waals surface area contributed by atoms with Gasteiger partial charge >= 0.3 is 0 Å². The van der Waals surface area contributed by atoms with E-state index in [0.29, 0.717) is 0 Å². The van der Waals surface area contributed by atoms with E-state index in [1.54, 1.807) is 0 Å². The predicted octanol–water partition coefficient (Wildman–Crippen LogP) is 7.44. The highest BCUT2D eigenvalue weighted by atomic mass is 15.3. The van der Waals surface area contributed by atoms with Crippen molar-refractivity contribution in [3.8, 4) is 0 Å². The van der Waals surface area contributed by atoms with Crippen molar-refractivity contribution in [3.05, 3.63) is 121 Å². The van der Waals surface area contributed by atoms with E-state index in [0.717, 1.165) is 0 Å². The molecule has 0 saturated heterocycles. The second-order valence-corrected chi connectivity index (χ2v) is 7.56. The second kappa shape index (κ2) is 9.32. The normalized spacial score (nSPS) is 12.7. The molecule has 0 aliphatic rings. The molecule has 0 N–H and O–H groups in total. The first-order chi connectivity index (χ1) is 14.8. The number of para-hydroxylation sites is 4. The molecular weight excluding hydrogens is 364 g/mol. The molecule has 150 valence electrons. The number of rotatable bonds is 7. The molecule has 0 spiro atoms. The van der Waals surface area contributed by atoms with Gasteiger partial charge in [0, 0.05) is 22.7 Å². The summed E-state index contributed by atoms with van der Waals surface area (Å²) in [4.78, 5) is 4.87. The van der Waals surface area contributed by atoms with Crippen LogP contribution >= 0.6 is 0 Å². The van der Waals surface area contributed by atoms with Crippen molar-refractivity contribution in [2.45, 2.75) is 25.9 Å². The second-order valence-electron chi connectivity index (χ2n) is 7.56. The summed E-state index contributed by atoms with van der Waals surface area (Å²) in [6, 6.07) is 43.1. The van der Waals surface area contributed by atoms with Gasteiger partial charge in [0.25, 0.3) is 0 Å². The topological polar surface area (TPSA) is 6.48 Å². The Morgan fingerprint density at radius 1 is 0.367 bits per heavy atom. The lowest BCUT2D eigenvalue weighted by molar-refractivity contribution is 0.576. The van der Waals surface area contributed by atoms with Crippen LogP contribution in [0.5, 0.6) is 0 Å². The SMILES string of the molecule is C[C@H]([C@@H](C)N(c1ccccc1)c1ccccc1)N(c1ccccc1)c1ccccc1.